The van der Waals surface area contributed by atoms with Crippen LogP contribution in [0.15, 0.2) is 83.8 Å². The third-order valence-electron chi connectivity index (χ3n) is 6.05. The zero-order chi connectivity index (χ0) is 27.9. The summed E-state index contributed by atoms with van der Waals surface area (Å²) in [6.07, 6.45) is 0. The smallest absolute Gasteiger partial charge is 0.264 e. The molecular formula is C29H34FN3O4S. The summed E-state index contributed by atoms with van der Waals surface area (Å²) in [6, 6.07) is 19.5. The first-order valence-electron chi connectivity index (χ1n) is 12.4. The van der Waals surface area contributed by atoms with Crippen molar-refractivity contribution < 1.29 is 22.4 Å². The maximum Gasteiger partial charge on any atom is 0.264 e. The van der Waals surface area contributed by atoms with Crippen LogP contribution < -0.4 is 9.62 Å². The Hall–Kier alpha value is -3.72. The highest BCUT2D eigenvalue weighted by Crippen LogP contribution is 2.24. The van der Waals surface area contributed by atoms with Crippen LogP contribution >= 0.6 is 0 Å². The lowest BCUT2D eigenvalue weighted by Gasteiger charge is -2.32. The zero-order valence-corrected chi connectivity index (χ0v) is 22.9. The first-order chi connectivity index (χ1) is 18.0. The Kier molecular flexibility index (Phi) is 9.63. The monoisotopic (exact) mass is 539 g/mol. The van der Waals surface area contributed by atoms with E-state index in [1.165, 1.54) is 41.3 Å². The quantitative estimate of drug-likeness (QED) is 0.388. The molecule has 0 spiro atoms. The van der Waals surface area contributed by atoms with E-state index in [-0.39, 0.29) is 23.3 Å². The Balaban J connectivity index is 1.97. The van der Waals surface area contributed by atoms with Crippen molar-refractivity contribution in [2.24, 2.45) is 5.92 Å². The maximum atomic E-state index is 13.8. The van der Waals surface area contributed by atoms with Gasteiger partial charge in [-0.25, -0.2) is 12.8 Å². The number of aryl methyl sites for hydroxylation is 1. The topological polar surface area (TPSA) is 86.8 Å². The summed E-state index contributed by atoms with van der Waals surface area (Å²) in [6.45, 7) is 7.28. The number of anilines is 1. The third-order valence-corrected chi connectivity index (χ3v) is 7.84. The minimum atomic E-state index is -4.11. The SMILES string of the molecule is Cc1ccc(S(=O)(=O)N(CC(=O)N(Cc2ccc(F)cc2)[C@H](C)C(=O)NCC(C)C)c2ccccc2)cc1. The lowest BCUT2D eigenvalue weighted by molar-refractivity contribution is -0.139. The van der Waals surface area contributed by atoms with Crippen molar-refractivity contribution in [3.05, 3.63) is 95.8 Å². The van der Waals surface area contributed by atoms with Crippen molar-refractivity contribution in [2.45, 2.75) is 45.2 Å². The molecule has 0 aromatic heterocycles. The molecule has 0 aliphatic carbocycles. The zero-order valence-electron chi connectivity index (χ0n) is 22.1. The largest absolute Gasteiger partial charge is 0.354 e. The summed E-state index contributed by atoms with van der Waals surface area (Å²) in [5.74, 6) is -1.14. The van der Waals surface area contributed by atoms with E-state index in [1.54, 1.807) is 49.4 Å². The van der Waals surface area contributed by atoms with Gasteiger partial charge in [-0.05, 0) is 61.7 Å². The van der Waals surface area contributed by atoms with Crippen LogP contribution in [-0.2, 0) is 26.2 Å². The Morgan fingerprint density at radius 2 is 1.50 bits per heavy atom. The molecule has 1 N–H and O–H groups in total. The van der Waals surface area contributed by atoms with Gasteiger partial charge in [-0.3, -0.25) is 13.9 Å². The van der Waals surface area contributed by atoms with E-state index in [0.717, 1.165) is 9.87 Å². The van der Waals surface area contributed by atoms with E-state index in [1.807, 2.05) is 20.8 Å². The van der Waals surface area contributed by atoms with Crippen LogP contribution in [0.3, 0.4) is 0 Å². The molecule has 0 saturated heterocycles. The van der Waals surface area contributed by atoms with Crippen LogP contribution in [-0.4, -0.2) is 44.3 Å². The molecule has 0 aliphatic rings. The molecule has 1 atom stereocenters. The van der Waals surface area contributed by atoms with Gasteiger partial charge < -0.3 is 10.2 Å². The molecule has 38 heavy (non-hydrogen) atoms. The molecule has 2 amide bonds. The number of sulfonamides is 1. The average molecular weight is 540 g/mol. The highest BCUT2D eigenvalue weighted by atomic mass is 32.2. The summed E-state index contributed by atoms with van der Waals surface area (Å²) in [7, 11) is -4.11. The fraction of sp³-hybridized carbons (Fsp3) is 0.310. The number of nitrogens with one attached hydrogen (secondary N) is 1. The predicted molar refractivity (Wildman–Crippen MR) is 146 cm³/mol. The third kappa shape index (κ3) is 7.41. The number of nitrogens with zero attached hydrogens (tertiary/aromatic N) is 2. The van der Waals surface area contributed by atoms with Gasteiger partial charge >= 0.3 is 0 Å². The lowest BCUT2D eigenvalue weighted by atomic mass is 10.1. The molecule has 0 heterocycles. The Morgan fingerprint density at radius 1 is 0.895 bits per heavy atom. The summed E-state index contributed by atoms with van der Waals surface area (Å²) in [5, 5.41) is 2.83. The number of hydrogen-bond donors (Lipinski definition) is 1. The molecule has 3 aromatic carbocycles. The normalized spacial score (nSPS) is 12.2. The van der Waals surface area contributed by atoms with Gasteiger partial charge in [0.05, 0.1) is 10.6 Å². The average Bonchev–Trinajstić information content (AvgIpc) is 2.90. The van der Waals surface area contributed by atoms with Crippen molar-refractivity contribution in [1.29, 1.82) is 0 Å². The van der Waals surface area contributed by atoms with Gasteiger partial charge in [0.2, 0.25) is 11.8 Å². The fourth-order valence-corrected chi connectivity index (χ4v) is 5.20. The van der Waals surface area contributed by atoms with Gasteiger partial charge in [0.1, 0.15) is 18.4 Å². The maximum absolute atomic E-state index is 13.8. The van der Waals surface area contributed by atoms with Crippen LogP contribution in [0.1, 0.15) is 31.9 Å². The summed E-state index contributed by atoms with van der Waals surface area (Å²) >= 11 is 0. The number of para-hydroxylation sites is 1. The van der Waals surface area contributed by atoms with Crippen LogP contribution in [0.5, 0.6) is 0 Å². The minimum absolute atomic E-state index is 0.00257. The van der Waals surface area contributed by atoms with Crippen LogP contribution in [0, 0.1) is 18.7 Å². The number of halogens is 1. The molecule has 7 nitrogen and oxygen atoms in total. The second-order valence-electron chi connectivity index (χ2n) is 9.62. The van der Waals surface area contributed by atoms with Gasteiger partial charge in [-0.2, -0.15) is 0 Å². The molecule has 0 saturated carbocycles. The highest BCUT2D eigenvalue weighted by molar-refractivity contribution is 7.92. The van der Waals surface area contributed by atoms with Crippen LogP contribution in [0.4, 0.5) is 10.1 Å². The fourth-order valence-electron chi connectivity index (χ4n) is 3.78. The number of benzene rings is 3. The second-order valence-corrected chi connectivity index (χ2v) is 11.5. The number of hydrogen-bond acceptors (Lipinski definition) is 4. The Bertz CT molecular complexity index is 1330. The van der Waals surface area contributed by atoms with Crippen LogP contribution in [0.2, 0.25) is 0 Å². The molecule has 0 radical (unpaired) electrons. The first-order valence-corrected chi connectivity index (χ1v) is 13.9. The lowest BCUT2D eigenvalue weighted by Crippen LogP contribution is -2.51. The molecule has 3 aromatic rings. The van der Waals surface area contributed by atoms with E-state index < -0.39 is 34.3 Å². The summed E-state index contributed by atoms with van der Waals surface area (Å²) in [5.41, 5.74) is 1.83. The van der Waals surface area contributed by atoms with Crippen molar-refractivity contribution in [3.8, 4) is 0 Å². The standard InChI is InChI=1S/C29H34FN3O4S/c1-21(2)18-31-29(35)23(4)32(19-24-12-14-25(30)15-13-24)28(34)20-33(26-8-6-5-7-9-26)38(36,37)27-16-10-22(3)11-17-27/h5-17,21,23H,18-20H2,1-4H3,(H,31,35)/t23-/m1/s1. The predicted octanol–water partition coefficient (Wildman–Crippen LogP) is 4.52. The van der Waals surface area contributed by atoms with Gasteiger partial charge in [0.25, 0.3) is 10.0 Å². The molecular weight excluding hydrogens is 505 g/mol. The number of amides is 2. The highest BCUT2D eigenvalue weighted by Gasteiger charge is 2.32. The van der Waals surface area contributed by atoms with E-state index in [0.29, 0.717) is 17.8 Å². The van der Waals surface area contributed by atoms with E-state index in [9.17, 15) is 22.4 Å². The van der Waals surface area contributed by atoms with Crippen molar-refractivity contribution in [1.82, 2.24) is 10.2 Å². The molecule has 3 rings (SSSR count). The molecule has 0 fully saturated rings. The summed E-state index contributed by atoms with van der Waals surface area (Å²) < 4.78 is 42.0. The van der Waals surface area contributed by atoms with Crippen LogP contribution in [0.25, 0.3) is 0 Å². The number of carbonyl (C=O) groups excluding carboxylic acids is 2. The molecule has 9 heteroatoms. The van der Waals surface area contributed by atoms with Gasteiger partial charge in [-0.15, -0.1) is 0 Å². The molecule has 202 valence electrons. The number of rotatable bonds is 11. The Labute approximate surface area is 224 Å². The van der Waals surface area contributed by atoms with Gasteiger partial charge in [0, 0.05) is 13.1 Å². The van der Waals surface area contributed by atoms with Gasteiger partial charge in [-0.1, -0.05) is 61.9 Å². The van der Waals surface area contributed by atoms with Crippen molar-refractivity contribution >= 4 is 27.5 Å². The second kappa shape index (κ2) is 12.7. The van der Waals surface area contributed by atoms with E-state index >= 15 is 0 Å². The van der Waals surface area contributed by atoms with E-state index in [4.69, 9.17) is 0 Å². The van der Waals surface area contributed by atoms with Crippen molar-refractivity contribution in [2.75, 3.05) is 17.4 Å². The Morgan fingerprint density at radius 3 is 2.08 bits per heavy atom. The van der Waals surface area contributed by atoms with Gasteiger partial charge in [0.15, 0.2) is 0 Å². The first kappa shape index (κ1) is 28.8. The molecule has 0 bridgehead atoms. The summed E-state index contributed by atoms with van der Waals surface area (Å²) in [4.78, 5) is 28.1. The minimum Gasteiger partial charge on any atom is -0.354 e. The molecule has 0 aliphatic heterocycles. The molecule has 0 unspecified atom stereocenters. The van der Waals surface area contributed by atoms with E-state index in [2.05, 4.69) is 5.32 Å². The van der Waals surface area contributed by atoms with Crippen molar-refractivity contribution in [3.63, 3.8) is 0 Å². The number of carbonyl (C=O) groups is 2.